The number of carbonyl (C=O) groups excluding carboxylic acids is 4. The van der Waals surface area contributed by atoms with Gasteiger partial charge in [0, 0.05) is 0 Å². The van der Waals surface area contributed by atoms with Crippen LogP contribution < -0.4 is 18.9 Å². The van der Waals surface area contributed by atoms with Crippen molar-refractivity contribution in [2.45, 2.75) is 6.42 Å². The van der Waals surface area contributed by atoms with Gasteiger partial charge in [0.2, 0.25) is 0 Å². The molecule has 10 heteroatoms. The van der Waals surface area contributed by atoms with Crippen molar-refractivity contribution >= 4 is 57.2 Å². The Hall–Kier alpha value is -7.20. The molecular weight excluding hydrogens is 676 g/mol. The molecule has 6 aromatic rings. The quantitative estimate of drug-likeness (QED) is 0.0553. The lowest BCUT2D eigenvalue weighted by Gasteiger charge is -2.12. The van der Waals surface area contributed by atoms with E-state index in [1.165, 1.54) is 62.8 Å². The molecule has 53 heavy (non-hydrogen) atoms. The van der Waals surface area contributed by atoms with E-state index in [0.29, 0.717) is 21.9 Å². The van der Waals surface area contributed by atoms with Crippen LogP contribution in [0.2, 0.25) is 0 Å². The van der Waals surface area contributed by atoms with E-state index in [9.17, 15) is 29.4 Å². The highest BCUT2D eigenvalue weighted by Gasteiger charge is 2.21. The summed E-state index contributed by atoms with van der Waals surface area (Å²) >= 11 is 0. The number of benzene rings is 6. The molecule has 6 rings (SSSR count). The van der Waals surface area contributed by atoms with Gasteiger partial charge in [-0.2, -0.15) is 0 Å². The molecule has 0 saturated heterocycles. The molecule has 0 bridgehead atoms. The predicted molar refractivity (Wildman–Crippen MR) is 200 cm³/mol. The van der Waals surface area contributed by atoms with Crippen LogP contribution in [-0.4, -0.2) is 47.9 Å². The van der Waals surface area contributed by atoms with Crippen molar-refractivity contribution in [3.05, 3.63) is 144 Å². The monoisotopic (exact) mass is 708 g/mol. The highest BCUT2D eigenvalue weighted by Crippen LogP contribution is 2.34. The Balaban J connectivity index is 1.07. The van der Waals surface area contributed by atoms with Gasteiger partial charge in [-0.15, -0.1) is 0 Å². The van der Waals surface area contributed by atoms with E-state index in [0.717, 1.165) is 10.8 Å². The van der Waals surface area contributed by atoms with E-state index in [1.807, 2.05) is 24.3 Å². The van der Waals surface area contributed by atoms with Crippen molar-refractivity contribution in [2.24, 2.45) is 0 Å². The van der Waals surface area contributed by atoms with E-state index < -0.39 is 29.9 Å². The lowest BCUT2D eigenvalue weighted by Crippen LogP contribution is -2.10. The molecule has 0 saturated carbocycles. The van der Waals surface area contributed by atoms with Gasteiger partial charge >= 0.3 is 11.9 Å². The van der Waals surface area contributed by atoms with E-state index in [2.05, 4.69) is 0 Å². The molecule has 0 heterocycles. The third-order valence-electron chi connectivity index (χ3n) is 8.27. The summed E-state index contributed by atoms with van der Waals surface area (Å²) < 4.78 is 22.0. The van der Waals surface area contributed by atoms with Crippen molar-refractivity contribution in [3.63, 3.8) is 0 Å². The van der Waals surface area contributed by atoms with Crippen LogP contribution in [0.15, 0.2) is 121 Å². The van der Waals surface area contributed by atoms with Crippen LogP contribution in [0.25, 0.3) is 33.7 Å². The smallest absolute Gasteiger partial charge is 0.348 e. The van der Waals surface area contributed by atoms with Gasteiger partial charge < -0.3 is 29.2 Å². The molecule has 0 aliphatic heterocycles. The van der Waals surface area contributed by atoms with E-state index in [-0.39, 0.29) is 45.6 Å². The molecule has 0 aliphatic rings. The van der Waals surface area contributed by atoms with Crippen molar-refractivity contribution in [3.8, 4) is 34.5 Å². The fourth-order valence-corrected chi connectivity index (χ4v) is 5.66. The normalized spacial score (nSPS) is 11.2. The standard InChI is InChI=1S/C43H32O10/c1-50-38-23-26(13-21-36(38)52-42(48)40-32-9-5-3-7-28(32)15-19-34(40)46)11-17-30(44)25-31(45)18-12-27-14-22-37(39(24-27)51-2)53-43(49)41-33-10-6-4-8-29(33)16-20-35(41)47/h3-24,46-47H,25H2,1-2H3/b17-11+,18-12+. The number of aromatic hydroxyl groups is 2. The molecule has 0 unspecified atom stereocenters. The van der Waals surface area contributed by atoms with Gasteiger partial charge in [-0.3, -0.25) is 9.59 Å². The summed E-state index contributed by atoms with van der Waals surface area (Å²) in [6, 6.07) is 29.8. The largest absolute Gasteiger partial charge is 0.507 e. The number of hydrogen-bond donors (Lipinski definition) is 2. The van der Waals surface area contributed by atoms with Gasteiger partial charge in [0.1, 0.15) is 22.6 Å². The van der Waals surface area contributed by atoms with E-state index >= 15 is 0 Å². The third-order valence-corrected chi connectivity index (χ3v) is 8.27. The molecule has 2 N–H and O–H groups in total. The Morgan fingerprint density at radius 3 is 1.36 bits per heavy atom. The molecule has 0 amide bonds. The maximum Gasteiger partial charge on any atom is 0.348 e. The number of carbonyl (C=O) groups is 4. The summed E-state index contributed by atoms with van der Waals surface area (Å²) in [5.41, 5.74) is 1.15. The molecule has 0 spiro atoms. The molecule has 0 radical (unpaired) electrons. The number of esters is 2. The van der Waals surface area contributed by atoms with Gasteiger partial charge in [0.15, 0.2) is 34.6 Å². The minimum absolute atomic E-state index is 0.0229. The van der Waals surface area contributed by atoms with Crippen LogP contribution in [-0.2, 0) is 9.59 Å². The second-order valence-electron chi connectivity index (χ2n) is 11.7. The van der Waals surface area contributed by atoms with Gasteiger partial charge in [0.25, 0.3) is 0 Å². The summed E-state index contributed by atoms with van der Waals surface area (Å²) in [5, 5.41) is 23.4. The maximum absolute atomic E-state index is 13.1. The van der Waals surface area contributed by atoms with Crippen molar-refractivity contribution in [1.29, 1.82) is 0 Å². The predicted octanol–water partition coefficient (Wildman–Crippen LogP) is 8.11. The SMILES string of the molecule is COc1cc(/C=C/C(=O)CC(=O)/C=C/c2ccc(OC(=O)c3c(O)ccc4ccccc34)c(OC)c2)ccc1OC(=O)c1c(O)ccc2ccccc12. The Morgan fingerprint density at radius 1 is 0.528 bits per heavy atom. The Kier molecular flexibility index (Phi) is 10.6. The lowest BCUT2D eigenvalue weighted by atomic mass is 10.0. The summed E-state index contributed by atoms with van der Waals surface area (Å²) in [7, 11) is 2.80. The van der Waals surface area contributed by atoms with Crippen LogP contribution in [0.4, 0.5) is 0 Å². The lowest BCUT2D eigenvalue weighted by molar-refractivity contribution is -0.121. The summed E-state index contributed by atoms with van der Waals surface area (Å²) in [5.74, 6) is -2.20. The Morgan fingerprint density at radius 2 is 0.943 bits per heavy atom. The van der Waals surface area contributed by atoms with Crippen molar-refractivity contribution in [2.75, 3.05) is 14.2 Å². The first-order chi connectivity index (χ1) is 25.6. The molecular formula is C43H32O10. The average molecular weight is 709 g/mol. The molecule has 10 nitrogen and oxygen atoms in total. The van der Waals surface area contributed by atoms with Crippen molar-refractivity contribution < 1.29 is 48.3 Å². The summed E-state index contributed by atoms with van der Waals surface area (Å²) in [6.45, 7) is 0. The number of ketones is 2. The molecule has 6 aromatic carbocycles. The topological polar surface area (TPSA) is 146 Å². The van der Waals surface area contributed by atoms with Crippen LogP contribution in [0.5, 0.6) is 34.5 Å². The molecule has 0 aliphatic carbocycles. The zero-order valence-corrected chi connectivity index (χ0v) is 28.6. The number of rotatable bonds is 12. The Labute approximate surface area is 303 Å². The second-order valence-corrected chi connectivity index (χ2v) is 11.7. The summed E-state index contributed by atoms with van der Waals surface area (Å²) in [6.07, 6.45) is 5.15. The van der Waals surface area contributed by atoms with Gasteiger partial charge in [-0.05, 0) is 81.2 Å². The fourth-order valence-electron chi connectivity index (χ4n) is 5.66. The first kappa shape index (κ1) is 35.6. The average Bonchev–Trinajstić information content (AvgIpc) is 3.16. The van der Waals surface area contributed by atoms with Crippen LogP contribution >= 0.6 is 0 Å². The number of ether oxygens (including phenoxy) is 4. The molecule has 0 aromatic heterocycles. The summed E-state index contributed by atoms with van der Waals surface area (Å²) in [4.78, 5) is 51.4. The van der Waals surface area contributed by atoms with Gasteiger partial charge in [0.05, 0.1) is 20.6 Å². The van der Waals surface area contributed by atoms with Crippen molar-refractivity contribution in [1.82, 2.24) is 0 Å². The first-order valence-electron chi connectivity index (χ1n) is 16.3. The zero-order valence-electron chi connectivity index (χ0n) is 28.6. The first-order valence-corrected chi connectivity index (χ1v) is 16.3. The van der Waals surface area contributed by atoms with Crippen LogP contribution in [0.1, 0.15) is 38.3 Å². The van der Waals surface area contributed by atoms with Gasteiger partial charge in [-0.1, -0.05) is 84.9 Å². The number of allylic oxidation sites excluding steroid dienone is 2. The molecule has 264 valence electrons. The number of phenols is 2. The molecule has 0 atom stereocenters. The maximum atomic E-state index is 13.1. The Bertz CT molecular complexity index is 2290. The van der Waals surface area contributed by atoms with Crippen LogP contribution in [0, 0.1) is 0 Å². The van der Waals surface area contributed by atoms with E-state index in [1.54, 1.807) is 60.7 Å². The zero-order chi connectivity index (χ0) is 37.5. The number of fused-ring (bicyclic) bond motifs is 2. The second kappa shape index (κ2) is 15.8. The minimum Gasteiger partial charge on any atom is -0.507 e. The van der Waals surface area contributed by atoms with Crippen LogP contribution in [0.3, 0.4) is 0 Å². The minimum atomic E-state index is -0.765. The third kappa shape index (κ3) is 8.08. The highest BCUT2D eigenvalue weighted by molar-refractivity contribution is 6.11. The number of phenolic OH excluding ortho intramolecular Hbond substituents is 2. The van der Waals surface area contributed by atoms with E-state index in [4.69, 9.17) is 18.9 Å². The highest BCUT2D eigenvalue weighted by atomic mass is 16.6. The number of methoxy groups -OCH3 is 2. The molecule has 0 fully saturated rings. The number of hydrogen-bond acceptors (Lipinski definition) is 10. The fraction of sp³-hybridized carbons (Fsp3) is 0.0698. The van der Waals surface area contributed by atoms with Gasteiger partial charge in [-0.25, -0.2) is 9.59 Å².